The molecular weight excluding hydrogens is 252 g/mol. The summed E-state index contributed by atoms with van der Waals surface area (Å²) in [6.45, 7) is 6.61. The van der Waals surface area contributed by atoms with E-state index >= 15 is 0 Å². The molecular formula is C16H24N2O2. The van der Waals surface area contributed by atoms with Crippen LogP contribution in [0.15, 0.2) is 18.2 Å². The van der Waals surface area contributed by atoms with Crippen LogP contribution in [0.25, 0.3) is 0 Å². The standard InChI is InChI=1S/C16H24N2O2/c1-3-10-20-15-11-12(2)4-5-14(15)18-16(19)13-6-8-17-9-7-13/h4-5,11,13,17H,3,6-10H2,1-2H3,(H,18,19). The van der Waals surface area contributed by atoms with Crippen LogP contribution in [0.5, 0.6) is 5.75 Å². The van der Waals surface area contributed by atoms with Gasteiger partial charge in [0.15, 0.2) is 0 Å². The predicted octanol–water partition coefficient (Wildman–Crippen LogP) is 2.72. The van der Waals surface area contributed by atoms with Gasteiger partial charge in [-0.25, -0.2) is 0 Å². The highest BCUT2D eigenvalue weighted by molar-refractivity contribution is 5.94. The number of hydrogen-bond acceptors (Lipinski definition) is 3. The van der Waals surface area contributed by atoms with Crippen LogP contribution in [0.4, 0.5) is 5.69 Å². The van der Waals surface area contributed by atoms with Gasteiger partial charge in [-0.15, -0.1) is 0 Å². The van der Waals surface area contributed by atoms with Crippen molar-refractivity contribution in [3.05, 3.63) is 23.8 Å². The van der Waals surface area contributed by atoms with Crippen molar-refractivity contribution in [1.82, 2.24) is 5.32 Å². The maximum Gasteiger partial charge on any atom is 0.227 e. The van der Waals surface area contributed by atoms with Gasteiger partial charge < -0.3 is 15.4 Å². The molecule has 110 valence electrons. The minimum Gasteiger partial charge on any atom is -0.491 e. The van der Waals surface area contributed by atoms with Crippen molar-refractivity contribution in [2.75, 3.05) is 25.0 Å². The maximum atomic E-state index is 12.3. The topological polar surface area (TPSA) is 50.4 Å². The molecule has 20 heavy (non-hydrogen) atoms. The summed E-state index contributed by atoms with van der Waals surface area (Å²) in [6.07, 6.45) is 2.77. The van der Waals surface area contributed by atoms with E-state index in [1.165, 1.54) is 0 Å². The molecule has 2 N–H and O–H groups in total. The lowest BCUT2D eigenvalue weighted by atomic mass is 9.97. The monoisotopic (exact) mass is 276 g/mol. The Labute approximate surface area is 120 Å². The summed E-state index contributed by atoms with van der Waals surface area (Å²) in [6, 6.07) is 5.91. The van der Waals surface area contributed by atoms with Crippen LogP contribution in [-0.2, 0) is 4.79 Å². The lowest BCUT2D eigenvalue weighted by Crippen LogP contribution is -2.34. The van der Waals surface area contributed by atoms with E-state index < -0.39 is 0 Å². The average molecular weight is 276 g/mol. The minimum atomic E-state index is 0.108. The van der Waals surface area contributed by atoms with E-state index in [0.717, 1.165) is 49.4 Å². The van der Waals surface area contributed by atoms with Crippen LogP contribution in [0.2, 0.25) is 0 Å². The number of nitrogens with one attached hydrogen (secondary N) is 2. The Morgan fingerprint density at radius 3 is 2.85 bits per heavy atom. The first-order chi connectivity index (χ1) is 9.70. The predicted molar refractivity (Wildman–Crippen MR) is 81.2 cm³/mol. The zero-order chi connectivity index (χ0) is 14.4. The zero-order valence-corrected chi connectivity index (χ0v) is 12.4. The quantitative estimate of drug-likeness (QED) is 0.869. The summed E-state index contributed by atoms with van der Waals surface area (Å²) < 4.78 is 5.73. The third-order valence-corrected chi connectivity index (χ3v) is 3.57. The molecule has 1 aliphatic heterocycles. The number of hydrogen-bond donors (Lipinski definition) is 2. The summed E-state index contributed by atoms with van der Waals surface area (Å²) in [5.41, 5.74) is 1.92. The van der Waals surface area contributed by atoms with E-state index in [4.69, 9.17) is 4.74 Å². The van der Waals surface area contributed by atoms with Gasteiger partial charge in [-0.05, 0) is 57.0 Å². The molecule has 0 aliphatic carbocycles. The van der Waals surface area contributed by atoms with Crippen molar-refractivity contribution >= 4 is 11.6 Å². The van der Waals surface area contributed by atoms with Crippen LogP contribution < -0.4 is 15.4 Å². The Hall–Kier alpha value is -1.55. The first kappa shape index (κ1) is 14.9. The van der Waals surface area contributed by atoms with Crippen LogP contribution >= 0.6 is 0 Å². The second-order valence-electron chi connectivity index (χ2n) is 5.36. The molecule has 2 rings (SSSR count). The second-order valence-corrected chi connectivity index (χ2v) is 5.36. The molecule has 0 unspecified atom stereocenters. The first-order valence-corrected chi connectivity index (χ1v) is 7.45. The summed E-state index contributed by atoms with van der Waals surface area (Å²) >= 11 is 0. The Balaban J connectivity index is 2.05. The smallest absolute Gasteiger partial charge is 0.227 e. The van der Waals surface area contributed by atoms with Gasteiger partial charge in [0.05, 0.1) is 12.3 Å². The lowest BCUT2D eigenvalue weighted by molar-refractivity contribution is -0.120. The molecule has 4 nitrogen and oxygen atoms in total. The fourth-order valence-electron chi connectivity index (χ4n) is 2.38. The van der Waals surface area contributed by atoms with Crippen LogP contribution in [0.1, 0.15) is 31.7 Å². The number of carbonyl (C=O) groups excluding carboxylic acids is 1. The van der Waals surface area contributed by atoms with E-state index in [0.29, 0.717) is 6.61 Å². The molecule has 1 amide bonds. The highest BCUT2D eigenvalue weighted by Gasteiger charge is 2.21. The normalized spacial score (nSPS) is 15.9. The van der Waals surface area contributed by atoms with Crippen LogP contribution in [0, 0.1) is 12.8 Å². The molecule has 1 aromatic carbocycles. The van der Waals surface area contributed by atoms with Gasteiger partial charge >= 0.3 is 0 Å². The van der Waals surface area contributed by atoms with Crippen molar-refractivity contribution < 1.29 is 9.53 Å². The van der Waals surface area contributed by atoms with Crippen molar-refractivity contribution in [3.8, 4) is 5.75 Å². The van der Waals surface area contributed by atoms with E-state index in [1.807, 2.05) is 25.1 Å². The Morgan fingerprint density at radius 2 is 2.15 bits per heavy atom. The largest absolute Gasteiger partial charge is 0.491 e. The molecule has 1 saturated heterocycles. The summed E-state index contributed by atoms with van der Waals surface area (Å²) in [7, 11) is 0. The minimum absolute atomic E-state index is 0.108. The number of anilines is 1. The van der Waals surface area contributed by atoms with E-state index in [2.05, 4.69) is 17.6 Å². The van der Waals surface area contributed by atoms with Crippen molar-refractivity contribution in [2.45, 2.75) is 33.1 Å². The molecule has 0 atom stereocenters. The Morgan fingerprint density at radius 1 is 1.40 bits per heavy atom. The van der Waals surface area contributed by atoms with Gasteiger partial charge in [0, 0.05) is 5.92 Å². The third-order valence-electron chi connectivity index (χ3n) is 3.57. The van der Waals surface area contributed by atoms with Gasteiger partial charge in [0.25, 0.3) is 0 Å². The molecule has 0 spiro atoms. The highest BCUT2D eigenvalue weighted by atomic mass is 16.5. The van der Waals surface area contributed by atoms with Crippen LogP contribution in [0.3, 0.4) is 0 Å². The maximum absolute atomic E-state index is 12.3. The first-order valence-electron chi connectivity index (χ1n) is 7.45. The van der Waals surface area contributed by atoms with Gasteiger partial charge in [0.1, 0.15) is 5.75 Å². The number of rotatable bonds is 5. The van der Waals surface area contributed by atoms with Crippen molar-refractivity contribution in [2.24, 2.45) is 5.92 Å². The van der Waals surface area contributed by atoms with E-state index in [-0.39, 0.29) is 11.8 Å². The molecule has 1 aliphatic rings. The molecule has 0 saturated carbocycles. The Kier molecular flexibility index (Phi) is 5.41. The molecule has 0 bridgehead atoms. The average Bonchev–Trinajstić information content (AvgIpc) is 2.48. The number of benzene rings is 1. The van der Waals surface area contributed by atoms with Crippen molar-refractivity contribution in [3.63, 3.8) is 0 Å². The molecule has 1 fully saturated rings. The molecule has 1 aromatic rings. The van der Waals surface area contributed by atoms with Crippen LogP contribution in [-0.4, -0.2) is 25.6 Å². The van der Waals surface area contributed by atoms with Gasteiger partial charge in [-0.3, -0.25) is 4.79 Å². The second kappa shape index (κ2) is 7.29. The summed E-state index contributed by atoms with van der Waals surface area (Å²) in [5, 5.41) is 6.30. The number of carbonyl (C=O) groups is 1. The summed E-state index contributed by atoms with van der Waals surface area (Å²) in [5.74, 6) is 0.988. The fourth-order valence-corrected chi connectivity index (χ4v) is 2.38. The molecule has 0 aromatic heterocycles. The van der Waals surface area contributed by atoms with Crippen molar-refractivity contribution in [1.29, 1.82) is 0 Å². The van der Waals surface area contributed by atoms with Gasteiger partial charge in [-0.2, -0.15) is 0 Å². The number of piperidine rings is 1. The van der Waals surface area contributed by atoms with Gasteiger partial charge in [-0.1, -0.05) is 13.0 Å². The third kappa shape index (κ3) is 3.97. The molecule has 0 radical (unpaired) electrons. The van der Waals surface area contributed by atoms with Gasteiger partial charge in [0.2, 0.25) is 5.91 Å². The number of amides is 1. The summed E-state index contributed by atoms with van der Waals surface area (Å²) in [4.78, 5) is 12.3. The lowest BCUT2D eigenvalue weighted by Gasteiger charge is -2.22. The fraction of sp³-hybridized carbons (Fsp3) is 0.562. The molecule has 1 heterocycles. The SMILES string of the molecule is CCCOc1cc(C)ccc1NC(=O)C1CCNCC1. The molecule has 4 heteroatoms. The zero-order valence-electron chi connectivity index (χ0n) is 12.4. The Bertz CT molecular complexity index is 454. The van der Waals surface area contributed by atoms with E-state index in [1.54, 1.807) is 0 Å². The van der Waals surface area contributed by atoms with E-state index in [9.17, 15) is 4.79 Å². The number of aryl methyl sites for hydroxylation is 1. The highest BCUT2D eigenvalue weighted by Crippen LogP contribution is 2.27. The number of ether oxygens (including phenoxy) is 1.